The van der Waals surface area contributed by atoms with Gasteiger partial charge in [0.05, 0.1) is 50.0 Å². The van der Waals surface area contributed by atoms with Crippen molar-refractivity contribution in [3.8, 4) is 0 Å². The summed E-state index contributed by atoms with van der Waals surface area (Å²) < 4.78 is 15.7. The van der Waals surface area contributed by atoms with Crippen molar-refractivity contribution in [2.75, 3.05) is 70.9 Å². The number of aromatic amines is 2. The van der Waals surface area contributed by atoms with Gasteiger partial charge in [0.25, 0.3) is 17.9 Å². The van der Waals surface area contributed by atoms with Gasteiger partial charge in [-0.05, 0) is 95.5 Å². The van der Waals surface area contributed by atoms with Crippen molar-refractivity contribution in [3.63, 3.8) is 0 Å². The number of hydrogen-bond acceptors (Lipinski definition) is 17. The number of unbranched alkanes of at least 4 members (excludes halogenated alkanes) is 1. The molecule has 430 valence electrons. The fourth-order valence-electron chi connectivity index (χ4n) is 6.35. The number of rotatable bonds is 28. The lowest BCUT2D eigenvalue weighted by Gasteiger charge is -2.37. The topological polar surface area (TPSA) is 303 Å². The van der Waals surface area contributed by atoms with Crippen LogP contribution in [0.2, 0.25) is 0 Å². The number of amides is 2. The average molecular weight is 1110 g/mol. The van der Waals surface area contributed by atoms with Crippen molar-refractivity contribution in [1.82, 2.24) is 36.2 Å². The van der Waals surface area contributed by atoms with E-state index in [9.17, 15) is 33.6 Å². The number of fused-ring (bicyclic) bond motifs is 1. The number of aldehydes is 4. The molecule has 2 aromatic heterocycles. The fourth-order valence-corrected chi connectivity index (χ4v) is 9.50. The van der Waals surface area contributed by atoms with Crippen LogP contribution in [0, 0.1) is 10.8 Å². The molecule has 0 spiro atoms. The Bertz CT molecular complexity index is 2170. The zero-order valence-corrected chi connectivity index (χ0v) is 48.7. The summed E-state index contributed by atoms with van der Waals surface area (Å²) in [5.74, 6) is 1.47. The zero-order valence-electron chi connectivity index (χ0n) is 47.0. The van der Waals surface area contributed by atoms with E-state index in [4.69, 9.17) is 29.8 Å². The maximum Gasteiger partial charge on any atom is 0.290 e. The van der Waals surface area contributed by atoms with E-state index in [-0.39, 0.29) is 64.4 Å². The minimum absolute atomic E-state index is 0.00858. The molecular weight excluding hydrogens is 1020 g/mol. The first-order valence-corrected chi connectivity index (χ1v) is 27.7. The molecule has 1 saturated carbocycles. The lowest BCUT2D eigenvalue weighted by atomic mass is 9.98. The van der Waals surface area contributed by atoms with Gasteiger partial charge in [0, 0.05) is 77.8 Å². The number of benzene rings is 1. The number of ether oxygens (including phenoxy) is 3. The molecule has 2 amide bonds. The van der Waals surface area contributed by atoms with Crippen LogP contribution in [-0.2, 0) is 55.8 Å². The second-order valence-electron chi connectivity index (χ2n) is 21.1. The Balaban J connectivity index is 0.00000110. The SMILES string of the molecule is CC(C)(C)C=O.CC(CC=O)OCC(C)(C)C.CNC(CSC1CCC1SCC(C=O)NC(C)(C)C)C(=O)NCCOCCOC.Nc1nc2[nH]cc(CCc3ccc(C(=O)NCCCC=O)cc3)c2c(=O)[nH]1.O=CO. The monoisotopic (exact) mass is 1110 g/mol. The second kappa shape index (κ2) is 39.4. The summed E-state index contributed by atoms with van der Waals surface area (Å²) in [6.45, 7) is 23.1. The van der Waals surface area contributed by atoms with Crippen molar-refractivity contribution in [3.05, 3.63) is 57.5 Å². The van der Waals surface area contributed by atoms with E-state index in [0.29, 0.717) is 92.3 Å². The molecule has 0 bridgehead atoms. The van der Waals surface area contributed by atoms with E-state index in [2.05, 4.69) is 77.8 Å². The van der Waals surface area contributed by atoms with Crippen molar-refractivity contribution >= 4 is 83.9 Å². The molecule has 5 atom stereocenters. The largest absolute Gasteiger partial charge is 0.483 e. The van der Waals surface area contributed by atoms with Crippen molar-refractivity contribution in [1.29, 1.82) is 0 Å². The van der Waals surface area contributed by atoms with Crippen LogP contribution < -0.4 is 32.6 Å². The van der Waals surface area contributed by atoms with Crippen molar-refractivity contribution in [2.45, 2.75) is 148 Å². The lowest BCUT2D eigenvalue weighted by Crippen LogP contribution is -2.47. The van der Waals surface area contributed by atoms with Crippen LogP contribution in [0.5, 0.6) is 0 Å². The number of methoxy groups -OCH3 is 1. The first-order chi connectivity index (χ1) is 35.8. The molecule has 4 rings (SSSR count). The van der Waals surface area contributed by atoms with Gasteiger partial charge in [-0.25, -0.2) is 0 Å². The Labute approximate surface area is 458 Å². The van der Waals surface area contributed by atoms with Gasteiger partial charge in [-0.2, -0.15) is 28.5 Å². The highest BCUT2D eigenvalue weighted by Gasteiger charge is 2.33. The maximum atomic E-state index is 12.3. The Morgan fingerprint density at radius 2 is 1.51 bits per heavy atom. The van der Waals surface area contributed by atoms with Gasteiger partial charge in [0.2, 0.25) is 11.9 Å². The average Bonchev–Trinajstić information content (AvgIpc) is 3.76. The number of nitrogen functional groups attached to an aromatic ring is 1. The zero-order chi connectivity index (χ0) is 57.7. The summed E-state index contributed by atoms with van der Waals surface area (Å²) in [5, 5.41) is 20.7. The van der Waals surface area contributed by atoms with Gasteiger partial charge in [-0.1, -0.05) is 53.7 Å². The van der Waals surface area contributed by atoms with Crippen LogP contribution in [0.25, 0.3) is 11.0 Å². The van der Waals surface area contributed by atoms with E-state index in [0.717, 1.165) is 54.2 Å². The number of carbonyl (C=O) groups is 7. The highest BCUT2D eigenvalue weighted by atomic mass is 32.2. The number of likely N-dealkylation sites (N-methyl/N-ethyl adjacent to an activating group) is 1. The van der Waals surface area contributed by atoms with Crippen LogP contribution in [0.1, 0.15) is 123 Å². The number of anilines is 1. The molecular formula is C54H90N8O12S2. The standard InChI is InChI=1S/C20H39N3O4S2.C19H21N5O3.C9H18O2.C5H10O.CH2O2/c1-20(2,3)23-15(12-24)13-28-17-6-7-18(17)29-14-16(21-4)19(25)22-8-9-27-11-10-26-5;20-19-23-16-15(18(27)24-19)14(11-22-16)8-5-12-3-6-13(7-4-12)17(26)21-9-1-2-10-25;1-8(5-6-10)11-7-9(2,3)4;1-5(2,3)4-6;2-1-3/h12,15-18,21,23H,6-11,13-14H2,1-5H3,(H,22,25);3-4,6-7,10-11H,1-2,5,8-9H2,(H,21,26)(H4,20,22,23,24,27);6,8H,5,7H2,1-4H3;4H,1-3H3;1H,(H,2,3). The Hall–Kier alpha value is -4.97. The molecule has 0 aliphatic heterocycles. The minimum Gasteiger partial charge on any atom is -0.483 e. The summed E-state index contributed by atoms with van der Waals surface area (Å²) in [6.07, 6.45) is 10.8. The first kappa shape index (κ1) is 71.0. The van der Waals surface area contributed by atoms with E-state index >= 15 is 0 Å². The molecule has 9 N–H and O–H groups in total. The molecule has 1 fully saturated rings. The molecule has 2 heterocycles. The van der Waals surface area contributed by atoms with Crippen molar-refractivity contribution in [2.24, 2.45) is 10.8 Å². The van der Waals surface area contributed by atoms with Gasteiger partial charge in [0.15, 0.2) is 0 Å². The number of aromatic nitrogens is 3. The van der Waals surface area contributed by atoms with Crippen LogP contribution >= 0.6 is 23.5 Å². The molecule has 3 aromatic rings. The third-order valence-electron chi connectivity index (χ3n) is 10.5. The van der Waals surface area contributed by atoms with Gasteiger partial charge in [-0.3, -0.25) is 24.2 Å². The second-order valence-corrected chi connectivity index (χ2v) is 23.7. The normalized spacial score (nSPS) is 15.1. The first-order valence-electron chi connectivity index (χ1n) is 25.6. The highest BCUT2D eigenvalue weighted by molar-refractivity contribution is 8.04. The molecule has 1 aromatic carbocycles. The minimum atomic E-state index is -0.254. The quantitative estimate of drug-likeness (QED) is 0.0324. The van der Waals surface area contributed by atoms with E-state index < -0.39 is 0 Å². The number of hydrogen-bond donors (Lipinski definition) is 8. The van der Waals surface area contributed by atoms with Gasteiger partial charge in [-0.15, -0.1) is 0 Å². The number of aryl methyl sites for hydroxylation is 2. The number of H-pyrrole nitrogens is 2. The molecule has 76 heavy (non-hydrogen) atoms. The van der Waals surface area contributed by atoms with Gasteiger partial charge >= 0.3 is 0 Å². The Morgan fingerprint density at radius 1 is 0.895 bits per heavy atom. The fraction of sp³-hybridized carbons (Fsp3) is 0.648. The highest BCUT2D eigenvalue weighted by Crippen LogP contribution is 2.40. The predicted molar refractivity (Wildman–Crippen MR) is 305 cm³/mol. The summed E-state index contributed by atoms with van der Waals surface area (Å²) in [4.78, 5) is 95.8. The van der Waals surface area contributed by atoms with Crippen molar-refractivity contribution < 1.29 is 52.9 Å². The third-order valence-corrected chi connectivity index (χ3v) is 13.7. The van der Waals surface area contributed by atoms with Crippen LogP contribution in [-0.4, -0.2) is 163 Å². The number of thioether (sulfide) groups is 2. The summed E-state index contributed by atoms with van der Waals surface area (Å²) in [5.41, 5.74) is 8.26. The molecule has 1 aliphatic rings. The predicted octanol–water partition coefficient (Wildman–Crippen LogP) is 5.59. The number of nitrogens with one attached hydrogen (secondary N) is 6. The lowest BCUT2D eigenvalue weighted by molar-refractivity contribution is -0.123. The molecule has 0 saturated heterocycles. The maximum absolute atomic E-state index is 12.3. The van der Waals surface area contributed by atoms with E-state index in [1.807, 2.05) is 70.4 Å². The molecule has 0 radical (unpaired) electrons. The summed E-state index contributed by atoms with van der Waals surface area (Å²) >= 11 is 3.73. The summed E-state index contributed by atoms with van der Waals surface area (Å²) in [7, 11) is 3.45. The van der Waals surface area contributed by atoms with E-state index in [1.54, 1.807) is 25.4 Å². The molecule has 22 heteroatoms. The van der Waals surface area contributed by atoms with Crippen LogP contribution in [0.15, 0.2) is 35.3 Å². The van der Waals surface area contributed by atoms with Gasteiger partial charge in [0.1, 0.15) is 30.8 Å². The number of carbonyl (C=O) groups excluding carboxylic acids is 6. The molecule has 5 unspecified atom stereocenters. The van der Waals surface area contributed by atoms with E-state index in [1.165, 1.54) is 12.8 Å². The van der Waals surface area contributed by atoms with Crippen LogP contribution in [0.4, 0.5) is 5.95 Å². The Morgan fingerprint density at radius 3 is 2.03 bits per heavy atom. The Kier molecular flexibility index (Phi) is 36.8. The number of nitrogens with two attached hydrogens (primary N) is 1. The smallest absolute Gasteiger partial charge is 0.290 e. The molecule has 1 aliphatic carbocycles. The third kappa shape index (κ3) is 33.9. The van der Waals surface area contributed by atoms with Crippen LogP contribution in [0.3, 0.4) is 0 Å². The number of carboxylic acid groups (broad SMARTS) is 1. The summed E-state index contributed by atoms with van der Waals surface area (Å²) in [6, 6.07) is 7.01. The number of nitrogens with zero attached hydrogens (tertiary/aromatic N) is 1. The molecule has 20 nitrogen and oxygen atoms in total. The van der Waals surface area contributed by atoms with Gasteiger partial charge < -0.3 is 70.5 Å².